The van der Waals surface area contributed by atoms with Crippen molar-refractivity contribution in [1.29, 1.82) is 0 Å². The lowest BCUT2D eigenvalue weighted by atomic mass is 10.1. The highest BCUT2D eigenvalue weighted by Gasteiger charge is 2.06. The number of aromatic hydroxyl groups is 1. The highest BCUT2D eigenvalue weighted by molar-refractivity contribution is 9.10. The summed E-state index contributed by atoms with van der Waals surface area (Å²) < 4.78 is 0.745. The van der Waals surface area contributed by atoms with E-state index in [0.29, 0.717) is 5.39 Å². The molecule has 2 aromatic carbocycles. The summed E-state index contributed by atoms with van der Waals surface area (Å²) in [5.74, 6) is -0.867. The molecule has 2 aromatic rings. The van der Waals surface area contributed by atoms with Gasteiger partial charge in [0.15, 0.2) is 0 Å². The lowest BCUT2D eigenvalue weighted by Gasteiger charge is -2.03. The fourth-order valence-electron chi connectivity index (χ4n) is 1.44. The molecule has 0 heterocycles. The Kier molecular flexibility index (Phi) is 2.36. The number of carboxylic acids is 1. The van der Waals surface area contributed by atoms with Crippen LogP contribution >= 0.6 is 15.9 Å². The third kappa shape index (κ3) is 1.80. The summed E-state index contributed by atoms with van der Waals surface area (Å²) in [5.41, 5.74) is 0.208. The second-order valence-electron chi connectivity index (χ2n) is 3.17. The summed E-state index contributed by atoms with van der Waals surface area (Å²) in [4.78, 5) is 10.7. The first kappa shape index (κ1) is 9.98. The van der Waals surface area contributed by atoms with Crippen LogP contribution in [0, 0.1) is 0 Å². The van der Waals surface area contributed by atoms with Gasteiger partial charge in [0.25, 0.3) is 0 Å². The van der Waals surface area contributed by atoms with Crippen LogP contribution in [0.4, 0.5) is 0 Å². The van der Waals surface area contributed by atoms with Gasteiger partial charge < -0.3 is 10.2 Å². The van der Waals surface area contributed by atoms with Gasteiger partial charge in [-0.2, -0.15) is 0 Å². The molecule has 0 spiro atoms. The predicted molar refractivity (Wildman–Crippen MR) is 60.3 cm³/mol. The summed E-state index contributed by atoms with van der Waals surface area (Å²) in [6, 6.07) is 7.88. The molecule has 0 radical (unpaired) electrons. The molecule has 3 nitrogen and oxygen atoms in total. The highest BCUT2D eigenvalue weighted by Crippen LogP contribution is 2.29. The van der Waals surface area contributed by atoms with E-state index in [-0.39, 0.29) is 11.3 Å². The lowest BCUT2D eigenvalue weighted by Crippen LogP contribution is -1.95. The summed E-state index contributed by atoms with van der Waals surface area (Å²) in [7, 11) is 0. The van der Waals surface area contributed by atoms with Crippen molar-refractivity contribution in [3.05, 3.63) is 40.4 Å². The van der Waals surface area contributed by atoms with Gasteiger partial charge in [-0.05, 0) is 35.0 Å². The molecule has 0 aliphatic heterocycles. The van der Waals surface area contributed by atoms with Gasteiger partial charge in [0.05, 0.1) is 5.56 Å². The first-order valence-corrected chi connectivity index (χ1v) is 5.03. The molecule has 0 aliphatic rings. The zero-order valence-corrected chi connectivity index (χ0v) is 9.15. The van der Waals surface area contributed by atoms with E-state index >= 15 is 0 Å². The fourth-order valence-corrected chi connectivity index (χ4v) is 2.04. The Balaban J connectivity index is 2.76. The predicted octanol–water partition coefficient (Wildman–Crippen LogP) is 3.01. The number of hydrogen-bond acceptors (Lipinski definition) is 2. The molecule has 0 fully saturated rings. The molecular weight excluding hydrogens is 260 g/mol. The molecule has 0 unspecified atom stereocenters. The van der Waals surface area contributed by atoms with Crippen LogP contribution in [0.5, 0.6) is 5.75 Å². The van der Waals surface area contributed by atoms with Gasteiger partial charge >= 0.3 is 5.97 Å². The van der Waals surface area contributed by atoms with Gasteiger partial charge in [0.1, 0.15) is 5.75 Å². The zero-order valence-electron chi connectivity index (χ0n) is 7.57. The zero-order chi connectivity index (χ0) is 11.0. The van der Waals surface area contributed by atoms with Crippen LogP contribution in [0.15, 0.2) is 34.8 Å². The third-order valence-electron chi connectivity index (χ3n) is 2.13. The van der Waals surface area contributed by atoms with Gasteiger partial charge in [0.2, 0.25) is 0 Å². The smallest absolute Gasteiger partial charge is 0.335 e. The molecule has 76 valence electrons. The van der Waals surface area contributed by atoms with Crippen LogP contribution < -0.4 is 0 Å². The van der Waals surface area contributed by atoms with Crippen LogP contribution in [-0.2, 0) is 0 Å². The maximum absolute atomic E-state index is 10.7. The molecule has 0 saturated carbocycles. The minimum atomic E-state index is -0.976. The summed E-state index contributed by atoms with van der Waals surface area (Å²) in [5, 5.41) is 19.7. The van der Waals surface area contributed by atoms with Gasteiger partial charge in [0, 0.05) is 4.47 Å². The average molecular weight is 267 g/mol. The van der Waals surface area contributed by atoms with Crippen molar-refractivity contribution in [2.24, 2.45) is 0 Å². The molecular formula is C11H7BrO3. The van der Waals surface area contributed by atoms with Crippen molar-refractivity contribution in [2.45, 2.75) is 0 Å². The molecule has 0 aromatic heterocycles. The Labute approximate surface area is 94.1 Å². The largest absolute Gasteiger partial charge is 0.508 e. The number of phenolic OH excluding ortho intramolecular Hbond substituents is 1. The number of hydrogen-bond donors (Lipinski definition) is 2. The Hall–Kier alpha value is -1.55. The van der Waals surface area contributed by atoms with E-state index in [1.54, 1.807) is 12.1 Å². The quantitative estimate of drug-likeness (QED) is 0.834. The second kappa shape index (κ2) is 3.55. The minimum Gasteiger partial charge on any atom is -0.508 e. The number of benzene rings is 2. The maximum Gasteiger partial charge on any atom is 0.335 e. The number of carbonyl (C=O) groups is 1. The van der Waals surface area contributed by atoms with Crippen molar-refractivity contribution >= 4 is 32.7 Å². The van der Waals surface area contributed by atoms with E-state index in [1.807, 2.05) is 0 Å². The monoisotopic (exact) mass is 266 g/mol. The molecule has 15 heavy (non-hydrogen) atoms. The summed E-state index contributed by atoms with van der Waals surface area (Å²) >= 11 is 3.30. The molecule has 0 aliphatic carbocycles. The normalized spacial score (nSPS) is 10.5. The highest BCUT2D eigenvalue weighted by atomic mass is 79.9. The van der Waals surface area contributed by atoms with E-state index in [1.165, 1.54) is 18.2 Å². The van der Waals surface area contributed by atoms with Crippen molar-refractivity contribution in [2.75, 3.05) is 0 Å². The molecule has 4 heteroatoms. The number of carboxylic acid groups (broad SMARTS) is 1. The minimum absolute atomic E-state index is 0.108. The standard InChI is InChI=1S/C11H7BrO3/c12-10-5-8(13)4-7-3-6(11(14)15)1-2-9(7)10/h1-5,13H,(H,14,15). The average Bonchev–Trinajstić information content (AvgIpc) is 2.16. The third-order valence-corrected chi connectivity index (χ3v) is 2.79. The van der Waals surface area contributed by atoms with Crippen LogP contribution in [0.2, 0.25) is 0 Å². The first-order valence-electron chi connectivity index (χ1n) is 4.23. The second-order valence-corrected chi connectivity index (χ2v) is 4.02. The van der Waals surface area contributed by atoms with Gasteiger partial charge in [-0.25, -0.2) is 4.79 Å². The Morgan fingerprint density at radius 3 is 2.60 bits per heavy atom. The molecule has 0 atom stereocenters. The lowest BCUT2D eigenvalue weighted by molar-refractivity contribution is 0.0697. The molecule has 0 saturated heterocycles. The van der Waals surface area contributed by atoms with E-state index in [4.69, 9.17) is 5.11 Å². The summed E-state index contributed by atoms with van der Waals surface area (Å²) in [6.07, 6.45) is 0. The SMILES string of the molecule is O=C(O)c1ccc2c(Br)cc(O)cc2c1. The van der Waals surface area contributed by atoms with Gasteiger partial charge in [-0.1, -0.05) is 22.0 Å². The topological polar surface area (TPSA) is 57.5 Å². The molecule has 0 amide bonds. The van der Waals surface area contributed by atoms with Crippen LogP contribution in [0.1, 0.15) is 10.4 Å². The van der Waals surface area contributed by atoms with E-state index in [0.717, 1.165) is 9.86 Å². The van der Waals surface area contributed by atoms with E-state index < -0.39 is 5.97 Å². The number of rotatable bonds is 1. The maximum atomic E-state index is 10.7. The van der Waals surface area contributed by atoms with Crippen LogP contribution in [-0.4, -0.2) is 16.2 Å². The van der Waals surface area contributed by atoms with Crippen molar-refractivity contribution < 1.29 is 15.0 Å². The number of halogens is 1. The van der Waals surface area contributed by atoms with E-state index in [9.17, 15) is 9.90 Å². The Bertz CT molecular complexity index is 549. The number of phenols is 1. The first-order chi connectivity index (χ1) is 7.08. The van der Waals surface area contributed by atoms with E-state index in [2.05, 4.69) is 15.9 Å². The van der Waals surface area contributed by atoms with Crippen molar-refractivity contribution in [3.63, 3.8) is 0 Å². The van der Waals surface area contributed by atoms with Gasteiger partial charge in [-0.3, -0.25) is 0 Å². The number of aromatic carboxylic acids is 1. The molecule has 2 rings (SSSR count). The van der Waals surface area contributed by atoms with Crippen LogP contribution in [0.25, 0.3) is 10.8 Å². The fraction of sp³-hybridized carbons (Fsp3) is 0. The van der Waals surface area contributed by atoms with Gasteiger partial charge in [-0.15, -0.1) is 0 Å². The Morgan fingerprint density at radius 1 is 1.20 bits per heavy atom. The summed E-state index contributed by atoms with van der Waals surface area (Å²) in [6.45, 7) is 0. The molecule has 0 bridgehead atoms. The molecule has 2 N–H and O–H groups in total. The van der Waals surface area contributed by atoms with Crippen molar-refractivity contribution in [1.82, 2.24) is 0 Å². The van der Waals surface area contributed by atoms with Crippen LogP contribution in [0.3, 0.4) is 0 Å². The van der Waals surface area contributed by atoms with Crippen molar-refractivity contribution in [3.8, 4) is 5.75 Å². The Morgan fingerprint density at radius 2 is 1.93 bits per heavy atom. The number of fused-ring (bicyclic) bond motifs is 1.